The zero-order valence-electron chi connectivity index (χ0n) is 10.4. The quantitative estimate of drug-likeness (QED) is 0.807. The highest BCUT2D eigenvalue weighted by molar-refractivity contribution is 14.1. The number of nitrogens with zero attached hydrogens (tertiary/aromatic N) is 1. The maximum atomic E-state index is 9.78. The molecule has 0 spiro atoms. The molecule has 0 radical (unpaired) electrons. The van der Waals surface area contributed by atoms with E-state index in [0.29, 0.717) is 5.75 Å². The van der Waals surface area contributed by atoms with Crippen LogP contribution in [-0.4, -0.2) is 41.4 Å². The number of ether oxygens (including phenoxy) is 1. The summed E-state index contributed by atoms with van der Waals surface area (Å²) < 4.78 is 5.95. The van der Waals surface area contributed by atoms with E-state index in [1.165, 1.54) is 0 Å². The largest absolute Gasteiger partial charge is 0.504 e. The summed E-state index contributed by atoms with van der Waals surface area (Å²) in [6.07, 6.45) is 1.72. The molecule has 4 nitrogen and oxygen atoms in total. The number of methoxy groups -OCH3 is 1. The number of β-amino-alcohol motifs (C(OH)–C–C–N with tert-alkyl or cyclic N) is 1. The fraction of sp³-hybridized carbons (Fsp3) is 0.538. The van der Waals surface area contributed by atoms with E-state index in [9.17, 15) is 10.2 Å². The Labute approximate surface area is 121 Å². The minimum Gasteiger partial charge on any atom is -0.504 e. The van der Waals surface area contributed by atoms with Crippen LogP contribution in [0.4, 0.5) is 0 Å². The van der Waals surface area contributed by atoms with Crippen molar-refractivity contribution >= 4 is 22.6 Å². The second-order valence-electron chi connectivity index (χ2n) is 4.66. The van der Waals surface area contributed by atoms with Crippen molar-refractivity contribution in [3.63, 3.8) is 0 Å². The van der Waals surface area contributed by atoms with Gasteiger partial charge in [0.05, 0.1) is 16.8 Å². The Kier molecular flexibility index (Phi) is 4.69. The van der Waals surface area contributed by atoms with E-state index in [-0.39, 0.29) is 11.9 Å². The first-order chi connectivity index (χ1) is 8.60. The van der Waals surface area contributed by atoms with E-state index < -0.39 is 0 Å². The van der Waals surface area contributed by atoms with Crippen LogP contribution in [0.25, 0.3) is 0 Å². The average Bonchev–Trinajstić information content (AvgIpc) is 2.33. The van der Waals surface area contributed by atoms with E-state index in [0.717, 1.165) is 41.6 Å². The first-order valence-electron chi connectivity index (χ1n) is 6.06. The summed E-state index contributed by atoms with van der Waals surface area (Å²) >= 11 is 2.10. The Morgan fingerprint density at radius 3 is 2.94 bits per heavy atom. The lowest BCUT2D eigenvalue weighted by molar-refractivity contribution is 0.0668. The lowest BCUT2D eigenvalue weighted by Crippen LogP contribution is -2.37. The third-order valence-corrected chi connectivity index (χ3v) is 4.02. The van der Waals surface area contributed by atoms with E-state index in [1.807, 2.05) is 12.1 Å². The van der Waals surface area contributed by atoms with Gasteiger partial charge < -0.3 is 14.9 Å². The van der Waals surface area contributed by atoms with Gasteiger partial charge in [-0.05, 0) is 59.7 Å². The Hall–Kier alpha value is -0.530. The van der Waals surface area contributed by atoms with E-state index in [2.05, 4.69) is 27.5 Å². The first kappa shape index (κ1) is 13.9. The van der Waals surface area contributed by atoms with E-state index >= 15 is 0 Å². The van der Waals surface area contributed by atoms with Gasteiger partial charge in [0.2, 0.25) is 0 Å². The molecule has 1 heterocycles. The van der Waals surface area contributed by atoms with Gasteiger partial charge in [-0.3, -0.25) is 4.90 Å². The van der Waals surface area contributed by atoms with Crippen LogP contribution in [0.5, 0.6) is 11.5 Å². The number of hydrogen-bond acceptors (Lipinski definition) is 4. The van der Waals surface area contributed by atoms with Gasteiger partial charge in [0.1, 0.15) is 0 Å². The van der Waals surface area contributed by atoms with Crippen LogP contribution in [0.2, 0.25) is 0 Å². The average molecular weight is 363 g/mol. The van der Waals surface area contributed by atoms with Crippen molar-refractivity contribution in [2.75, 3.05) is 20.2 Å². The second-order valence-corrected chi connectivity index (χ2v) is 5.82. The van der Waals surface area contributed by atoms with Crippen molar-refractivity contribution in [2.45, 2.75) is 25.5 Å². The number of halogens is 1. The SMILES string of the molecule is COc1cc(CN2CCCC(O)C2)cc(I)c1O. The van der Waals surface area contributed by atoms with Gasteiger partial charge >= 0.3 is 0 Å². The summed E-state index contributed by atoms with van der Waals surface area (Å²) in [5.74, 6) is 0.704. The van der Waals surface area contributed by atoms with Gasteiger partial charge in [0, 0.05) is 13.1 Å². The maximum absolute atomic E-state index is 9.78. The van der Waals surface area contributed by atoms with Crippen molar-refractivity contribution in [1.29, 1.82) is 0 Å². The number of likely N-dealkylation sites (tertiary alicyclic amines) is 1. The lowest BCUT2D eigenvalue weighted by Gasteiger charge is -2.30. The molecule has 1 aliphatic heterocycles. The molecule has 18 heavy (non-hydrogen) atoms. The molecule has 1 atom stereocenters. The van der Waals surface area contributed by atoms with Crippen molar-refractivity contribution in [3.8, 4) is 11.5 Å². The number of aliphatic hydroxyl groups is 1. The summed E-state index contributed by atoms with van der Waals surface area (Å²) in [6, 6.07) is 3.82. The molecular formula is C13H18INO3. The topological polar surface area (TPSA) is 52.9 Å². The predicted molar refractivity (Wildman–Crippen MR) is 77.9 cm³/mol. The number of piperidine rings is 1. The number of rotatable bonds is 3. The molecule has 1 aliphatic rings. The zero-order valence-corrected chi connectivity index (χ0v) is 12.6. The summed E-state index contributed by atoms with van der Waals surface area (Å²) in [7, 11) is 1.56. The highest BCUT2D eigenvalue weighted by Gasteiger charge is 2.18. The Morgan fingerprint density at radius 2 is 2.28 bits per heavy atom. The van der Waals surface area contributed by atoms with Gasteiger partial charge in [-0.2, -0.15) is 0 Å². The van der Waals surface area contributed by atoms with Crippen LogP contribution in [0, 0.1) is 3.57 Å². The lowest BCUT2D eigenvalue weighted by atomic mass is 10.1. The number of benzene rings is 1. The molecule has 0 saturated carbocycles. The smallest absolute Gasteiger partial charge is 0.171 e. The van der Waals surface area contributed by atoms with Crippen LogP contribution in [0.15, 0.2) is 12.1 Å². The third-order valence-electron chi connectivity index (χ3n) is 3.19. The van der Waals surface area contributed by atoms with E-state index in [4.69, 9.17) is 4.74 Å². The molecule has 2 rings (SSSR count). The number of aliphatic hydroxyl groups excluding tert-OH is 1. The molecule has 5 heteroatoms. The zero-order chi connectivity index (χ0) is 13.1. The van der Waals surface area contributed by atoms with Crippen LogP contribution in [0.1, 0.15) is 18.4 Å². The van der Waals surface area contributed by atoms with Crippen molar-refractivity contribution in [3.05, 3.63) is 21.3 Å². The standard InChI is InChI=1S/C13H18INO3/c1-18-12-6-9(5-11(14)13(12)17)7-15-4-2-3-10(16)8-15/h5-6,10,16-17H,2-4,7-8H2,1H3. The van der Waals surface area contributed by atoms with Crippen LogP contribution in [-0.2, 0) is 6.54 Å². The molecule has 2 N–H and O–H groups in total. The molecule has 1 saturated heterocycles. The van der Waals surface area contributed by atoms with Crippen molar-refractivity contribution < 1.29 is 14.9 Å². The highest BCUT2D eigenvalue weighted by atomic mass is 127. The first-order valence-corrected chi connectivity index (χ1v) is 7.14. The molecule has 0 aliphatic carbocycles. The molecule has 0 aromatic heterocycles. The number of phenols is 1. The third kappa shape index (κ3) is 3.27. The normalized spacial score (nSPS) is 20.9. The van der Waals surface area contributed by atoms with Gasteiger partial charge in [0.25, 0.3) is 0 Å². The second kappa shape index (κ2) is 6.08. The number of phenolic OH excluding ortho intramolecular Hbond substituents is 1. The minimum atomic E-state index is -0.211. The molecule has 1 aromatic carbocycles. The molecule has 0 bridgehead atoms. The van der Waals surface area contributed by atoms with E-state index in [1.54, 1.807) is 7.11 Å². The van der Waals surface area contributed by atoms with Gasteiger partial charge in [-0.25, -0.2) is 0 Å². The Bertz CT molecular complexity index is 425. The summed E-state index contributed by atoms with van der Waals surface area (Å²) in [4.78, 5) is 2.23. The summed E-state index contributed by atoms with van der Waals surface area (Å²) in [5.41, 5.74) is 1.10. The fourth-order valence-electron chi connectivity index (χ4n) is 2.31. The highest BCUT2D eigenvalue weighted by Crippen LogP contribution is 2.32. The number of hydrogen-bond donors (Lipinski definition) is 2. The van der Waals surface area contributed by atoms with Crippen LogP contribution < -0.4 is 4.74 Å². The van der Waals surface area contributed by atoms with Gasteiger partial charge in [-0.15, -0.1) is 0 Å². The molecular weight excluding hydrogens is 345 g/mol. The van der Waals surface area contributed by atoms with Crippen LogP contribution >= 0.6 is 22.6 Å². The minimum absolute atomic E-state index is 0.195. The Balaban J connectivity index is 2.11. The molecule has 100 valence electrons. The summed E-state index contributed by atoms with van der Waals surface area (Å²) in [6.45, 7) is 2.51. The molecule has 1 fully saturated rings. The molecule has 1 unspecified atom stereocenters. The number of aromatic hydroxyl groups is 1. The monoisotopic (exact) mass is 363 g/mol. The Morgan fingerprint density at radius 1 is 1.50 bits per heavy atom. The molecule has 0 amide bonds. The fourth-order valence-corrected chi connectivity index (χ4v) is 2.97. The van der Waals surface area contributed by atoms with Crippen molar-refractivity contribution in [1.82, 2.24) is 4.90 Å². The van der Waals surface area contributed by atoms with Crippen LogP contribution in [0.3, 0.4) is 0 Å². The van der Waals surface area contributed by atoms with Gasteiger partial charge in [-0.1, -0.05) is 0 Å². The predicted octanol–water partition coefficient (Wildman–Crippen LogP) is 1.96. The summed E-state index contributed by atoms with van der Waals surface area (Å²) in [5, 5.41) is 19.4. The molecule has 1 aromatic rings. The van der Waals surface area contributed by atoms with Crippen molar-refractivity contribution in [2.24, 2.45) is 0 Å². The maximum Gasteiger partial charge on any atom is 0.171 e. The van der Waals surface area contributed by atoms with Gasteiger partial charge in [0.15, 0.2) is 11.5 Å².